The molecule has 1 aliphatic heterocycles. The van der Waals surface area contributed by atoms with Crippen molar-refractivity contribution in [1.82, 2.24) is 10.2 Å². The summed E-state index contributed by atoms with van der Waals surface area (Å²) >= 11 is 5.96. The molecule has 7 heteroatoms. The summed E-state index contributed by atoms with van der Waals surface area (Å²) in [6.45, 7) is 0.474. The predicted molar refractivity (Wildman–Crippen MR) is 104 cm³/mol. The molecule has 2 heterocycles. The molecule has 148 valence electrons. The number of carbonyl (C=O) groups is 2. The molecular formula is C21H23ClN2O4. The summed E-state index contributed by atoms with van der Waals surface area (Å²) in [4.78, 5) is 28.0. The SMILES string of the molecule is O=C(NCc1ccco1)C1COC2(CCCCC2)N1C(=O)c1ccc(Cl)cc1. The molecule has 1 saturated carbocycles. The lowest BCUT2D eigenvalue weighted by Gasteiger charge is -2.41. The molecule has 6 nitrogen and oxygen atoms in total. The second-order valence-electron chi connectivity index (χ2n) is 7.31. The van der Waals surface area contributed by atoms with Crippen LogP contribution >= 0.6 is 11.6 Å². The Morgan fingerprint density at radius 1 is 1.14 bits per heavy atom. The molecule has 0 bridgehead atoms. The number of halogens is 1. The highest BCUT2D eigenvalue weighted by molar-refractivity contribution is 6.30. The van der Waals surface area contributed by atoms with Crippen molar-refractivity contribution in [3.63, 3.8) is 0 Å². The summed E-state index contributed by atoms with van der Waals surface area (Å²) < 4.78 is 11.4. The Bertz CT molecular complexity index is 829. The summed E-state index contributed by atoms with van der Waals surface area (Å²) in [5, 5.41) is 3.43. The van der Waals surface area contributed by atoms with Gasteiger partial charge in [0.05, 0.1) is 19.4 Å². The maximum Gasteiger partial charge on any atom is 0.256 e. The van der Waals surface area contributed by atoms with E-state index in [9.17, 15) is 9.59 Å². The fourth-order valence-electron chi connectivity index (χ4n) is 4.11. The van der Waals surface area contributed by atoms with E-state index in [4.69, 9.17) is 20.8 Å². The van der Waals surface area contributed by atoms with Gasteiger partial charge in [-0.05, 0) is 62.1 Å². The zero-order chi connectivity index (χ0) is 19.6. The molecule has 2 fully saturated rings. The number of ether oxygens (including phenoxy) is 1. The predicted octanol–water partition coefficient (Wildman–Crippen LogP) is 3.75. The number of hydrogen-bond acceptors (Lipinski definition) is 4. The van der Waals surface area contributed by atoms with Gasteiger partial charge in [-0.2, -0.15) is 0 Å². The van der Waals surface area contributed by atoms with Gasteiger partial charge in [0.1, 0.15) is 17.5 Å². The topological polar surface area (TPSA) is 71.8 Å². The number of amides is 2. The summed E-state index contributed by atoms with van der Waals surface area (Å²) in [6, 6.07) is 9.65. The molecule has 2 aliphatic rings. The van der Waals surface area contributed by atoms with E-state index in [0.29, 0.717) is 16.3 Å². The number of furan rings is 1. The minimum atomic E-state index is -0.707. The number of nitrogens with one attached hydrogen (secondary N) is 1. The molecule has 4 rings (SSSR count). The quantitative estimate of drug-likeness (QED) is 0.845. The molecule has 1 saturated heterocycles. The van der Waals surface area contributed by atoms with Crippen molar-refractivity contribution < 1.29 is 18.7 Å². The van der Waals surface area contributed by atoms with Crippen molar-refractivity contribution >= 4 is 23.4 Å². The second-order valence-corrected chi connectivity index (χ2v) is 7.75. The normalized spacial score (nSPS) is 21.0. The molecule has 1 aliphatic carbocycles. The van der Waals surface area contributed by atoms with Crippen LogP contribution < -0.4 is 5.32 Å². The molecule has 0 radical (unpaired) electrons. The Balaban J connectivity index is 1.58. The van der Waals surface area contributed by atoms with E-state index in [1.807, 2.05) is 0 Å². The third-order valence-corrected chi connectivity index (χ3v) is 5.78. The summed E-state index contributed by atoms with van der Waals surface area (Å²) in [6.07, 6.45) is 6.12. The van der Waals surface area contributed by atoms with E-state index in [1.54, 1.807) is 47.6 Å². The van der Waals surface area contributed by atoms with Crippen LogP contribution in [0.5, 0.6) is 0 Å². The minimum absolute atomic E-state index is 0.198. The Hall–Kier alpha value is -2.31. The zero-order valence-corrected chi connectivity index (χ0v) is 16.3. The van der Waals surface area contributed by atoms with E-state index >= 15 is 0 Å². The fraction of sp³-hybridized carbons (Fsp3) is 0.429. The Morgan fingerprint density at radius 3 is 2.57 bits per heavy atom. The van der Waals surface area contributed by atoms with E-state index in [2.05, 4.69) is 5.32 Å². The molecule has 1 atom stereocenters. The highest BCUT2D eigenvalue weighted by Crippen LogP contribution is 2.41. The third kappa shape index (κ3) is 3.66. The van der Waals surface area contributed by atoms with Gasteiger partial charge >= 0.3 is 0 Å². The highest BCUT2D eigenvalue weighted by Gasteiger charge is 2.52. The standard InChI is InChI=1S/C21H23ClN2O4/c22-16-8-6-15(7-9-16)20(26)24-18(14-28-21(24)10-2-1-3-11-21)19(25)23-13-17-5-4-12-27-17/h4-9,12,18H,1-3,10-11,13-14H2,(H,23,25). The van der Waals surface area contributed by atoms with Crippen LogP contribution in [-0.2, 0) is 16.1 Å². The first-order valence-corrected chi connectivity index (χ1v) is 10.0. The average molecular weight is 403 g/mol. The molecule has 2 aromatic rings. The van der Waals surface area contributed by atoms with E-state index in [0.717, 1.165) is 32.1 Å². The zero-order valence-electron chi connectivity index (χ0n) is 15.5. The van der Waals surface area contributed by atoms with Crippen molar-refractivity contribution in [1.29, 1.82) is 0 Å². The largest absolute Gasteiger partial charge is 0.467 e. The maximum atomic E-state index is 13.4. The molecule has 28 heavy (non-hydrogen) atoms. The van der Waals surface area contributed by atoms with Crippen LogP contribution in [0.2, 0.25) is 5.02 Å². The van der Waals surface area contributed by atoms with Gasteiger partial charge in [0.2, 0.25) is 5.91 Å². The number of nitrogens with zero attached hydrogens (tertiary/aromatic N) is 1. The monoisotopic (exact) mass is 402 g/mol. The van der Waals surface area contributed by atoms with Crippen molar-refractivity contribution in [2.75, 3.05) is 6.61 Å². The minimum Gasteiger partial charge on any atom is -0.467 e. The second kappa shape index (κ2) is 7.97. The fourth-order valence-corrected chi connectivity index (χ4v) is 4.23. The third-order valence-electron chi connectivity index (χ3n) is 5.52. The maximum absolute atomic E-state index is 13.4. The van der Waals surface area contributed by atoms with Crippen LogP contribution in [0.3, 0.4) is 0 Å². The van der Waals surface area contributed by atoms with E-state index in [-0.39, 0.29) is 25.0 Å². The van der Waals surface area contributed by atoms with Crippen LogP contribution in [0.15, 0.2) is 47.1 Å². The van der Waals surface area contributed by atoms with Gasteiger partial charge in [-0.25, -0.2) is 0 Å². The van der Waals surface area contributed by atoms with Gasteiger partial charge in [0.25, 0.3) is 5.91 Å². The van der Waals surface area contributed by atoms with Crippen molar-refractivity contribution in [3.05, 3.63) is 59.0 Å². The Morgan fingerprint density at radius 2 is 1.89 bits per heavy atom. The lowest BCUT2D eigenvalue weighted by atomic mass is 9.89. The number of carbonyl (C=O) groups excluding carboxylic acids is 2. The smallest absolute Gasteiger partial charge is 0.256 e. The lowest BCUT2D eigenvalue weighted by molar-refractivity contribution is -0.127. The molecule has 1 spiro atoms. The Kier molecular flexibility index (Phi) is 5.42. The van der Waals surface area contributed by atoms with Crippen LogP contribution in [0.1, 0.15) is 48.2 Å². The van der Waals surface area contributed by atoms with Crippen molar-refractivity contribution in [2.45, 2.75) is 50.4 Å². The van der Waals surface area contributed by atoms with Gasteiger partial charge in [0, 0.05) is 10.6 Å². The van der Waals surface area contributed by atoms with Crippen LogP contribution in [0.25, 0.3) is 0 Å². The first-order valence-electron chi connectivity index (χ1n) is 9.62. The van der Waals surface area contributed by atoms with Crippen molar-refractivity contribution in [2.24, 2.45) is 0 Å². The first-order chi connectivity index (χ1) is 13.6. The molecule has 2 amide bonds. The molecular weight excluding hydrogens is 380 g/mol. The van der Waals surface area contributed by atoms with E-state index in [1.165, 1.54) is 0 Å². The molecule has 1 N–H and O–H groups in total. The highest BCUT2D eigenvalue weighted by atomic mass is 35.5. The summed E-state index contributed by atoms with van der Waals surface area (Å²) in [5.74, 6) is 0.227. The van der Waals surface area contributed by atoms with Gasteiger partial charge in [0.15, 0.2) is 0 Å². The van der Waals surface area contributed by atoms with Gasteiger partial charge in [-0.15, -0.1) is 0 Å². The van der Waals surface area contributed by atoms with Gasteiger partial charge in [-0.3, -0.25) is 14.5 Å². The van der Waals surface area contributed by atoms with Gasteiger partial charge < -0.3 is 14.5 Å². The molecule has 1 aromatic heterocycles. The lowest BCUT2D eigenvalue weighted by Crippen LogP contribution is -2.56. The van der Waals surface area contributed by atoms with Gasteiger partial charge in [-0.1, -0.05) is 18.0 Å². The molecule has 1 aromatic carbocycles. The summed E-state index contributed by atoms with van der Waals surface area (Å²) in [7, 11) is 0. The first kappa shape index (κ1) is 19.0. The average Bonchev–Trinajstić information content (AvgIpc) is 3.35. The van der Waals surface area contributed by atoms with Crippen molar-refractivity contribution in [3.8, 4) is 0 Å². The van der Waals surface area contributed by atoms with Crippen LogP contribution in [0.4, 0.5) is 0 Å². The number of benzene rings is 1. The van der Waals surface area contributed by atoms with Crippen LogP contribution in [-0.4, -0.2) is 35.1 Å². The van der Waals surface area contributed by atoms with Crippen LogP contribution in [0, 0.1) is 0 Å². The summed E-state index contributed by atoms with van der Waals surface area (Å²) in [5.41, 5.74) is -0.203. The van der Waals surface area contributed by atoms with E-state index < -0.39 is 11.8 Å². The molecule has 1 unspecified atom stereocenters. The number of rotatable bonds is 4. The number of hydrogen-bond donors (Lipinski definition) is 1. The Labute approximate surface area is 168 Å².